The van der Waals surface area contributed by atoms with Crippen LogP contribution in [0.5, 0.6) is 0 Å². The van der Waals surface area contributed by atoms with Crippen LogP contribution in [0, 0.1) is 0 Å². The quantitative estimate of drug-likeness (QED) is 0.741. The first-order valence-electron chi connectivity index (χ1n) is 3.85. The van der Waals surface area contributed by atoms with E-state index in [1.54, 1.807) is 0 Å². The Morgan fingerprint density at radius 2 is 1.83 bits per heavy atom. The largest absolute Gasteiger partial charge is 0.310 e. The second-order valence-corrected chi connectivity index (χ2v) is 3.28. The van der Waals surface area contributed by atoms with E-state index in [0.29, 0.717) is 6.04 Å². The van der Waals surface area contributed by atoms with E-state index >= 15 is 0 Å². The van der Waals surface area contributed by atoms with Gasteiger partial charge in [-0.2, -0.15) is 0 Å². The van der Waals surface area contributed by atoms with Gasteiger partial charge in [-0.25, -0.2) is 0 Å². The molecule has 66 valence electrons. The van der Waals surface area contributed by atoms with Gasteiger partial charge >= 0.3 is 0 Å². The fraction of sp³-hybridized carbons (Fsp3) is 0.333. The smallest absolute Gasteiger partial charge is 0.0406 e. The van der Waals surface area contributed by atoms with Gasteiger partial charge in [-0.3, -0.25) is 0 Å². The molecule has 0 bridgehead atoms. The lowest BCUT2D eigenvalue weighted by Crippen LogP contribution is -2.34. The van der Waals surface area contributed by atoms with Gasteiger partial charge in [-0.05, 0) is 30.7 Å². The molecule has 1 atom stereocenters. The monoisotopic (exact) mass is 203 g/mol. The molecular weight excluding hydrogens is 193 g/mol. The van der Waals surface area contributed by atoms with Gasteiger partial charge < -0.3 is 5.32 Å². The molecule has 3 heteroatoms. The topological polar surface area (TPSA) is 12.0 Å². The Labute approximate surface area is 83.5 Å². The van der Waals surface area contributed by atoms with Gasteiger partial charge in [0.15, 0.2) is 0 Å². The highest BCUT2D eigenvalue weighted by molar-refractivity contribution is 6.30. The van der Waals surface area contributed by atoms with Gasteiger partial charge in [0, 0.05) is 11.1 Å². The van der Waals surface area contributed by atoms with E-state index in [1.807, 2.05) is 12.1 Å². The molecule has 1 fully saturated rings. The number of nitrogens with one attached hydrogen (secondary N) is 1. The summed E-state index contributed by atoms with van der Waals surface area (Å²) in [6, 6.07) is 8.62. The molecule has 0 aliphatic carbocycles. The van der Waals surface area contributed by atoms with Gasteiger partial charge in [0.25, 0.3) is 0 Å². The van der Waals surface area contributed by atoms with Crippen LogP contribution in [0.4, 0.5) is 0 Å². The third-order valence-corrected chi connectivity index (χ3v) is 2.35. The molecule has 0 spiro atoms. The Bertz CT molecular complexity index is 241. The summed E-state index contributed by atoms with van der Waals surface area (Å²) >= 11 is 5.76. The lowest BCUT2D eigenvalue weighted by atomic mass is 9.98. The molecular formula is C9H11Cl2N. The van der Waals surface area contributed by atoms with E-state index in [0.717, 1.165) is 11.6 Å². The van der Waals surface area contributed by atoms with Crippen molar-refractivity contribution < 1.29 is 0 Å². The molecule has 1 saturated heterocycles. The van der Waals surface area contributed by atoms with Gasteiger partial charge in [0.05, 0.1) is 0 Å². The van der Waals surface area contributed by atoms with Crippen molar-refractivity contribution in [3.05, 3.63) is 34.9 Å². The predicted molar refractivity (Wildman–Crippen MR) is 54.1 cm³/mol. The third kappa shape index (κ3) is 1.92. The highest BCUT2D eigenvalue weighted by Gasteiger charge is 2.17. The van der Waals surface area contributed by atoms with Crippen LogP contribution < -0.4 is 5.32 Å². The van der Waals surface area contributed by atoms with E-state index < -0.39 is 0 Å². The first kappa shape index (κ1) is 9.85. The molecule has 1 heterocycles. The number of benzene rings is 1. The average molecular weight is 204 g/mol. The lowest BCUT2D eigenvalue weighted by Gasteiger charge is -2.27. The molecule has 1 aliphatic heterocycles. The Kier molecular flexibility index (Phi) is 3.39. The van der Waals surface area contributed by atoms with Crippen LogP contribution in [0.15, 0.2) is 24.3 Å². The third-order valence-electron chi connectivity index (χ3n) is 2.10. The molecule has 1 N–H and O–H groups in total. The van der Waals surface area contributed by atoms with Crippen LogP contribution in [0.1, 0.15) is 18.0 Å². The van der Waals surface area contributed by atoms with Crippen molar-refractivity contribution in [2.75, 3.05) is 6.54 Å². The normalized spacial score (nSPS) is 20.9. The maximum Gasteiger partial charge on any atom is 0.0406 e. The summed E-state index contributed by atoms with van der Waals surface area (Å²) in [7, 11) is 0. The first-order chi connectivity index (χ1) is 5.36. The molecule has 1 nitrogen and oxygen atoms in total. The van der Waals surface area contributed by atoms with Crippen LogP contribution in [0.3, 0.4) is 0 Å². The summed E-state index contributed by atoms with van der Waals surface area (Å²) in [5, 5.41) is 4.15. The van der Waals surface area contributed by atoms with Crippen LogP contribution >= 0.6 is 24.0 Å². The molecule has 1 aliphatic rings. The Hall–Kier alpha value is -0.240. The summed E-state index contributed by atoms with van der Waals surface area (Å²) in [5.41, 5.74) is 1.35. The minimum Gasteiger partial charge on any atom is -0.310 e. The van der Waals surface area contributed by atoms with Gasteiger partial charge in [0.2, 0.25) is 0 Å². The van der Waals surface area contributed by atoms with E-state index in [4.69, 9.17) is 11.6 Å². The zero-order chi connectivity index (χ0) is 7.68. The summed E-state index contributed by atoms with van der Waals surface area (Å²) in [4.78, 5) is 0. The maximum atomic E-state index is 5.76. The van der Waals surface area contributed by atoms with Crippen molar-refractivity contribution in [3.63, 3.8) is 0 Å². The summed E-state index contributed by atoms with van der Waals surface area (Å²) in [6.07, 6.45) is 1.25. The zero-order valence-corrected chi connectivity index (χ0v) is 8.16. The number of halogens is 2. The summed E-state index contributed by atoms with van der Waals surface area (Å²) in [5.74, 6) is 0. The van der Waals surface area contributed by atoms with Crippen molar-refractivity contribution >= 4 is 24.0 Å². The van der Waals surface area contributed by atoms with E-state index in [-0.39, 0.29) is 12.4 Å². The Morgan fingerprint density at radius 3 is 2.25 bits per heavy atom. The van der Waals surface area contributed by atoms with Crippen molar-refractivity contribution in [1.29, 1.82) is 0 Å². The van der Waals surface area contributed by atoms with E-state index in [9.17, 15) is 0 Å². The van der Waals surface area contributed by atoms with E-state index in [1.165, 1.54) is 12.0 Å². The zero-order valence-electron chi connectivity index (χ0n) is 6.59. The van der Waals surface area contributed by atoms with Crippen LogP contribution in [-0.4, -0.2) is 6.54 Å². The van der Waals surface area contributed by atoms with Crippen LogP contribution in [0.25, 0.3) is 0 Å². The minimum atomic E-state index is 0. The number of rotatable bonds is 1. The van der Waals surface area contributed by atoms with Gasteiger partial charge in [-0.15, -0.1) is 12.4 Å². The fourth-order valence-corrected chi connectivity index (χ4v) is 1.39. The molecule has 1 aromatic rings. The molecule has 0 saturated carbocycles. The van der Waals surface area contributed by atoms with Crippen molar-refractivity contribution in [2.24, 2.45) is 0 Å². The molecule has 12 heavy (non-hydrogen) atoms. The van der Waals surface area contributed by atoms with Crippen LogP contribution in [0.2, 0.25) is 5.02 Å². The molecule has 0 radical (unpaired) electrons. The second-order valence-electron chi connectivity index (χ2n) is 2.85. The summed E-state index contributed by atoms with van der Waals surface area (Å²) in [6.45, 7) is 1.15. The number of hydrogen-bond acceptors (Lipinski definition) is 1. The predicted octanol–water partition coefficient (Wildman–Crippen LogP) is 2.80. The van der Waals surface area contributed by atoms with Crippen molar-refractivity contribution in [3.8, 4) is 0 Å². The number of hydrogen-bond donors (Lipinski definition) is 1. The molecule has 1 unspecified atom stereocenters. The lowest BCUT2D eigenvalue weighted by molar-refractivity contribution is 0.383. The second kappa shape index (κ2) is 4.13. The van der Waals surface area contributed by atoms with E-state index in [2.05, 4.69) is 17.4 Å². The molecule has 0 aromatic heterocycles. The van der Waals surface area contributed by atoms with Crippen molar-refractivity contribution in [2.45, 2.75) is 12.5 Å². The Balaban J connectivity index is 0.000000720. The maximum absolute atomic E-state index is 5.76. The van der Waals surface area contributed by atoms with Gasteiger partial charge in [0.1, 0.15) is 0 Å². The van der Waals surface area contributed by atoms with Crippen LogP contribution in [-0.2, 0) is 0 Å². The molecule has 2 rings (SSSR count). The van der Waals surface area contributed by atoms with Crippen molar-refractivity contribution in [1.82, 2.24) is 5.32 Å². The first-order valence-corrected chi connectivity index (χ1v) is 4.23. The standard InChI is InChI=1S/C9H10ClN.ClH/c10-8-3-1-7(2-4-8)9-5-6-11-9;/h1-4,9,11H,5-6H2;1H. The van der Waals surface area contributed by atoms with Gasteiger partial charge in [-0.1, -0.05) is 23.7 Å². The molecule has 0 amide bonds. The highest BCUT2D eigenvalue weighted by Crippen LogP contribution is 2.23. The summed E-state index contributed by atoms with van der Waals surface area (Å²) < 4.78 is 0. The SMILES string of the molecule is Cl.Clc1ccc(C2CCN2)cc1. The Morgan fingerprint density at radius 1 is 1.25 bits per heavy atom. The fourth-order valence-electron chi connectivity index (χ4n) is 1.27. The highest BCUT2D eigenvalue weighted by atomic mass is 35.5. The molecule has 1 aromatic carbocycles. The minimum absolute atomic E-state index is 0. The average Bonchev–Trinajstić information content (AvgIpc) is 1.90.